The minimum absolute atomic E-state index is 0.0674. The molecule has 2 aliphatic heterocycles. The van der Waals surface area contributed by atoms with E-state index in [0.29, 0.717) is 35.7 Å². The molecule has 5 nitrogen and oxygen atoms in total. The standard InChI is InChI=1S/C18H22F2N2O3/c1-4-21-9-12-7-15(24-2)16(25-3)8-13(12)14(10-21)17(23)22-6-5-18(19,20)11-22/h7-8,10H,4-6,9,11H2,1-3H3. The molecule has 0 bridgehead atoms. The van der Waals surface area contributed by atoms with Crippen molar-refractivity contribution in [3.05, 3.63) is 29.5 Å². The second-order valence-corrected chi connectivity index (χ2v) is 6.30. The third-order valence-electron chi connectivity index (χ3n) is 4.68. The smallest absolute Gasteiger partial charge is 0.267 e. The molecule has 1 aromatic rings. The van der Waals surface area contributed by atoms with Gasteiger partial charge in [-0.1, -0.05) is 0 Å². The minimum Gasteiger partial charge on any atom is -0.493 e. The van der Waals surface area contributed by atoms with Crippen molar-refractivity contribution in [2.24, 2.45) is 0 Å². The number of fused-ring (bicyclic) bond motifs is 1. The molecule has 0 N–H and O–H groups in total. The van der Waals surface area contributed by atoms with E-state index in [2.05, 4.69) is 0 Å². The molecule has 0 atom stereocenters. The van der Waals surface area contributed by atoms with Gasteiger partial charge in [-0.3, -0.25) is 4.79 Å². The molecule has 3 rings (SSSR count). The molecule has 0 spiro atoms. The molecule has 1 amide bonds. The maximum absolute atomic E-state index is 13.5. The molecule has 0 radical (unpaired) electrons. The van der Waals surface area contributed by atoms with E-state index in [0.717, 1.165) is 5.56 Å². The zero-order chi connectivity index (χ0) is 18.2. The highest BCUT2D eigenvalue weighted by atomic mass is 19.3. The molecule has 136 valence electrons. The van der Waals surface area contributed by atoms with Crippen LogP contribution in [0.25, 0.3) is 5.57 Å². The van der Waals surface area contributed by atoms with Gasteiger partial charge in [-0.05, 0) is 30.2 Å². The van der Waals surface area contributed by atoms with Crippen LogP contribution in [0, 0.1) is 0 Å². The summed E-state index contributed by atoms with van der Waals surface area (Å²) in [6.45, 7) is 2.85. The molecule has 0 saturated carbocycles. The number of likely N-dealkylation sites (tertiary alicyclic amines) is 1. The summed E-state index contributed by atoms with van der Waals surface area (Å²) in [6, 6.07) is 3.59. The Labute approximate surface area is 145 Å². The fourth-order valence-corrected chi connectivity index (χ4v) is 3.27. The predicted octanol–water partition coefficient (Wildman–Crippen LogP) is 2.75. The van der Waals surface area contributed by atoms with Gasteiger partial charge in [-0.2, -0.15) is 0 Å². The predicted molar refractivity (Wildman–Crippen MR) is 89.8 cm³/mol. The summed E-state index contributed by atoms with van der Waals surface area (Å²) in [5.74, 6) is -2.09. The van der Waals surface area contributed by atoms with Gasteiger partial charge >= 0.3 is 0 Å². The lowest BCUT2D eigenvalue weighted by Crippen LogP contribution is -2.34. The molecule has 0 aromatic heterocycles. The van der Waals surface area contributed by atoms with Crippen LogP contribution in [0.2, 0.25) is 0 Å². The highest BCUT2D eigenvalue weighted by molar-refractivity contribution is 6.20. The minimum atomic E-state index is -2.81. The van der Waals surface area contributed by atoms with Crippen molar-refractivity contribution in [3.8, 4) is 11.5 Å². The van der Waals surface area contributed by atoms with E-state index in [1.54, 1.807) is 19.4 Å². The van der Waals surface area contributed by atoms with Gasteiger partial charge < -0.3 is 19.3 Å². The van der Waals surface area contributed by atoms with Gasteiger partial charge in [0, 0.05) is 32.3 Å². The Kier molecular flexibility index (Phi) is 4.58. The third-order valence-corrected chi connectivity index (χ3v) is 4.68. The summed E-state index contributed by atoms with van der Waals surface area (Å²) in [6.07, 6.45) is 1.47. The van der Waals surface area contributed by atoms with E-state index < -0.39 is 12.5 Å². The largest absolute Gasteiger partial charge is 0.493 e. The quantitative estimate of drug-likeness (QED) is 0.836. The SMILES string of the molecule is CCN1C=C(C(=O)N2CCC(F)(F)C2)c2cc(OC)c(OC)cc2C1. The molecule has 0 unspecified atom stereocenters. The Morgan fingerprint density at radius 2 is 1.92 bits per heavy atom. The van der Waals surface area contributed by atoms with Gasteiger partial charge in [0.25, 0.3) is 11.8 Å². The molecule has 1 fully saturated rings. The number of ether oxygens (including phenoxy) is 2. The fourth-order valence-electron chi connectivity index (χ4n) is 3.27. The van der Waals surface area contributed by atoms with Crippen molar-refractivity contribution in [2.75, 3.05) is 33.9 Å². The number of amides is 1. The summed E-state index contributed by atoms with van der Waals surface area (Å²) >= 11 is 0. The fraction of sp³-hybridized carbons (Fsp3) is 0.500. The van der Waals surface area contributed by atoms with Crippen molar-refractivity contribution in [2.45, 2.75) is 25.8 Å². The van der Waals surface area contributed by atoms with Crippen LogP contribution in [0.15, 0.2) is 18.3 Å². The maximum Gasteiger partial charge on any atom is 0.267 e. The van der Waals surface area contributed by atoms with E-state index >= 15 is 0 Å². The van der Waals surface area contributed by atoms with E-state index in [1.807, 2.05) is 17.9 Å². The van der Waals surface area contributed by atoms with Crippen molar-refractivity contribution < 1.29 is 23.0 Å². The summed E-state index contributed by atoms with van der Waals surface area (Å²) in [5.41, 5.74) is 2.04. The van der Waals surface area contributed by atoms with Crippen molar-refractivity contribution in [1.82, 2.24) is 9.80 Å². The number of hydrogen-bond donors (Lipinski definition) is 0. The Morgan fingerprint density at radius 3 is 2.48 bits per heavy atom. The summed E-state index contributed by atoms with van der Waals surface area (Å²) in [5, 5.41) is 0. The van der Waals surface area contributed by atoms with E-state index in [1.165, 1.54) is 12.0 Å². The summed E-state index contributed by atoms with van der Waals surface area (Å²) < 4.78 is 37.7. The molecule has 1 saturated heterocycles. The van der Waals surface area contributed by atoms with Crippen molar-refractivity contribution in [3.63, 3.8) is 0 Å². The van der Waals surface area contributed by atoms with Gasteiger partial charge in [0.1, 0.15) is 0 Å². The first-order valence-corrected chi connectivity index (χ1v) is 8.26. The second-order valence-electron chi connectivity index (χ2n) is 6.30. The van der Waals surface area contributed by atoms with Crippen LogP contribution in [0.4, 0.5) is 8.78 Å². The number of methoxy groups -OCH3 is 2. The number of alkyl halides is 2. The molecule has 1 aromatic carbocycles. The Morgan fingerprint density at radius 1 is 1.24 bits per heavy atom. The van der Waals surface area contributed by atoms with Crippen LogP contribution in [-0.2, 0) is 11.3 Å². The summed E-state index contributed by atoms with van der Waals surface area (Å²) in [7, 11) is 3.08. The zero-order valence-electron chi connectivity index (χ0n) is 14.6. The number of benzene rings is 1. The number of rotatable bonds is 4. The van der Waals surface area contributed by atoms with Crippen LogP contribution in [0.3, 0.4) is 0 Å². The first-order chi connectivity index (χ1) is 11.9. The first-order valence-electron chi connectivity index (χ1n) is 8.26. The van der Waals surface area contributed by atoms with E-state index in [4.69, 9.17) is 9.47 Å². The highest BCUT2D eigenvalue weighted by Gasteiger charge is 2.41. The van der Waals surface area contributed by atoms with Gasteiger partial charge in [-0.15, -0.1) is 0 Å². The number of carbonyl (C=O) groups excluding carboxylic acids is 1. The Hall–Kier alpha value is -2.31. The molecular formula is C18H22F2N2O3. The van der Waals surface area contributed by atoms with Gasteiger partial charge in [0.15, 0.2) is 11.5 Å². The Balaban J connectivity index is 2.01. The molecule has 2 heterocycles. The van der Waals surface area contributed by atoms with Crippen LogP contribution < -0.4 is 9.47 Å². The number of nitrogens with zero attached hydrogens (tertiary/aromatic N) is 2. The lowest BCUT2D eigenvalue weighted by molar-refractivity contribution is -0.125. The molecular weight excluding hydrogens is 330 g/mol. The van der Waals surface area contributed by atoms with Gasteiger partial charge in [0.05, 0.1) is 26.3 Å². The average Bonchev–Trinajstić information content (AvgIpc) is 2.98. The van der Waals surface area contributed by atoms with Crippen LogP contribution in [-0.4, -0.2) is 55.5 Å². The normalized spacial score (nSPS) is 18.7. The first kappa shape index (κ1) is 17.5. The van der Waals surface area contributed by atoms with Crippen LogP contribution in [0.5, 0.6) is 11.5 Å². The maximum atomic E-state index is 13.5. The van der Waals surface area contributed by atoms with Crippen LogP contribution >= 0.6 is 0 Å². The van der Waals surface area contributed by atoms with Crippen molar-refractivity contribution >= 4 is 11.5 Å². The molecule has 25 heavy (non-hydrogen) atoms. The number of hydrogen-bond acceptors (Lipinski definition) is 4. The van der Waals surface area contributed by atoms with Crippen LogP contribution in [0.1, 0.15) is 24.5 Å². The van der Waals surface area contributed by atoms with E-state index in [9.17, 15) is 13.6 Å². The highest BCUT2D eigenvalue weighted by Crippen LogP contribution is 2.38. The molecule has 2 aliphatic rings. The number of carbonyl (C=O) groups is 1. The Bertz CT molecular complexity index is 719. The lowest BCUT2D eigenvalue weighted by atomic mass is 9.95. The average molecular weight is 352 g/mol. The van der Waals surface area contributed by atoms with Crippen molar-refractivity contribution in [1.29, 1.82) is 0 Å². The monoisotopic (exact) mass is 352 g/mol. The lowest BCUT2D eigenvalue weighted by Gasteiger charge is -2.30. The summed E-state index contributed by atoms with van der Waals surface area (Å²) in [4.78, 5) is 16.1. The number of halogens is 2. The van der Waals surface area contributed by atoms with E-state index in [-0.39, 0.29) is 18.9 Å². The topological polar surface area (TPSA) is 42.0 Å². The van der Waals surface area contributed by atoms with Gasteiger partial charge in [-0.25, -0.2) is 8.78 Å². The third kappa shape index (κ3) is 3.27. The van der Waals surface area contributed by atoms with Gasteiger partial charge in [0.2, 0.25) is 0 Å². The molecule has 7 heteroatoms. The second kappa shape index (κ2) is 6.54. The molecule has 0 aliphatic carbocycles. The zero-order valence-corrected chi connectivity index (χ0v) is 14.6.